The van der Waals surface area contributed by atoms with E-state index in [0.29, 0.717) is 23.8 Å². The van der Waals surface area contributed by atoms with Gasteiger partial charge in [-0.25, -0.2) is 9.97 Å². The molecule has 6 N–H and O–H groups in total. The van der Waals surface area contributed by atoms with Crippen LogP contribution in [0.4, 0.5) is 17.3 Å². The van der Waals surface area contributed by atoms with E-state index in [1.165, 1.54) is 6.20 Å². The predicted molar refractivity (Wildman–Crippen MR) is 96.8 cm³/mol. The van der Waals surface area contributed by atoms with Gasteiger partial charge in [-0.05, 0) is 31.4 Å². The van der Waals surface area contributed by atoms with Gasteiger partial charge in [-0.2, -0.15) is 0 Å². The number of hydrogen-bond acceptors (Lipinski definition) is 7. The van der Waals surface area contributed by atoms with E-state index in [1.807, 2.05) is 6.92 Å². The number of aryl methyl sites for hydroxylation is 1. The predicted octanol–water partition coefficient (Wildman–Crippen LogP) is 1.09. The Morgan fingerprint density at radius 2 is 2.08 bits per heavy atom. The van der Waals surface area contributed by atoms with Gasteiger partial charge in [0.05, 0.1) is 6.20 Å². The maximum Gasteiger partial charge on any atom is 0.271 e. The van der Waals surface area contributed by atoms with Gasteiger partial charge in [0.15, 0.2) is 11.5 Å². The van der Waals surface area contributed by atoms with Gasteiger partial charge in [0.1, 0.15) is 11.9 Å². The minimum atomic E-state index is -0.707. The van der Waals surface area contributed by atoms with Crippen LogP contribution in [0.3, 0.4) is 0 Å². The number of rotatable bonds is 8. The summed E-state index contributed by atoms with van der Waals surface area (Å²) in [5.74, 6) is -0.107. The van der Waals surface area contributed by atoms with Crippen LogP contribution >= 0.6 is 0 Å². The van der Waals surface area contributed by atoms with Gasteiger partial charge in [0.2, 0.25) is 5.91 Å². The topological polar surface area (TPSA) is 149 Å². The number of primary amides is 2. The molecular weight excluding hydrogens is 334 g/mol. The van der Waals surface area contributed by atoms with Crippen molar-refractivity contribution in [3.05, 3.63) is 35.9 Å². The third kappa shape index (κ3) is 4.44. The third-order valence-corrected chi connectivity index (χ3v) is 4.10. The molecule has 1 saturated carbocycles. The number of nitrogens with zero attached hydrogens (tertiary/aromatic N) is 3. The summed E-state index contributed by atoms with van der Waals surface area (Å²) in [7, 11) is 0. The van der Waals surface area contributed by atoms with Crippen LogP contribution in [-0.4, -0.2) is 32.8 Å². The van der Waals surface area contributed by atoms with Crippen LogP contribution in [0, 0.1) is 12.8 Å². The molecule has 0 radical (unpaired) electrons. The van der Waals surface area contributed by atoms with E-state index < -0.39 is 17.9 Å². The first-order chi connectivity index (χ1) is 12.4. The largest absolute Gasteiger partial charge is 0.368 e. The molecule has 1 unspecified atom stereocenters. The molecule has 2 aromatic rings. The highest BCUT2D eigenvalue weighted by Crippen LogP contribution is 2.34. The number of aromatic nitrogens is 3. The van der Waals surface area contributed by atoms with E-state index in [4.69, 9.17) is 11.5 Å². The molecule has 0 bridgehead atoms. The molecule has 2 aromatic heterocycles. The number of amides is 2. The Labute approximate surface area is 150 Å². The quantitative estimate of drug-likeness (QED) is 0.553. The van der Waals surface area contributed by atoms with Crippen molar-refractivity contribution < 1.29 is 9.59 Å². The first-order valence-electron chi connectivity index (χ1n) is 8.34. The molecular formula is C17H21N7O2. The number of nitrogens with two attached hydrogens (primary N) is 2. The monoisotopic (exact) mass is 355 g/mol. The Morgan fingerprint density at radius 1 is 1.31 bits per heavy atom. The SMILES string of the molecule is Cc1cc(Nc2nc(NC(CC3CC3)C(N)=O)cnc2C(N)=O)ccn1. The molecule has 1 aliphatic carbocycles. The van der Waals surface area contributed by atoms with Gasteiger partial charge in [-0.1, -0.05) is 12.8 Å². The van der Waals surface area contributed by atoms with Crippen LogP contribution in [0.2, 0.25) is 0 Å². The summed E-state index contributed by atoms with van der Waals surface area (Å²) >= 11 is 0. The molecule has 0 saturated heterocycles. The van der Waals surface area contributed by atoms with Crippen molar-refractivity contribution in [1.82, 2.24) is 15.0 Å². The molecule has 9 nitrogen and oxygen atoms in total. The van der Waals surface area contributed by atoms with Crippen LogP contribution in [0.15, 0.2) is 24.5 Å². The normalized spacial score (nSPS) is 14.5. The van der Waals surface area contributed by atoms with Gasteiger partial charge in [-0.3, -0.25) is 14.6 Å². The maximum absolute atomic E-state index is 11.7. The van der Waals surface area contributed by atoms with Gasteiger partial charge >= 0.3 is 0 Å². The minimum absolute atomic E-state index is 0.00262. The zero-order chi connectivity index (χ0) is 18.7. The van der Waals surface area contributed by atoms with Crippen LogP contribution in [0.5, 0.6) is 0 Å². The zero-order valence-electron chi connectivity index (χ0n) is 14.4. The summed E-state index contributed by atoms with van der Waals surface area (Å²) in [4.78, 5) is 35.9. The molecule has 0 aromatic carbocycles. The number of nitrogens with one attached hydrogen (secondary N) is 2. The molecule has 3 rings (SSSR count). The fraction of sp³-hybridized carbons (Fsp3) is 0.353. The lowest BCUT2D eigenvalue weighted by atomic mass is 10.1. The second kappa shape index (κ2) is 7.34. The van der Waals surface area contributed by atoms with Crippen molar-refractivity contribution >= 4 is 29.1 Å². The first-order valence-corrected chi connectivity index (χ1v) is 8.34. The van der Waals surface area contributed by atoms with Crippen LogP contribution < -0.4 is 22.1 Å². The van der Waals surface area contributed by atoms with E-state index in [0.717, 1.165) is 18.5 Å². The Kier molecular flexibility index (Phi) is 4.97. The molecule has 0 spiro atoms. The fourth-order valence-corrected chi connectivity index (χ4v) is 2.60. The van der Waals surface area contributed by atoms with Gasteiger partial charge in [-0.15, -0.1) is 0 Å². The smallest absolute Gasteiger partial charge is 0.271 e. The molecule has 1 atom stereocenters. The molecule has 136 valence electrons. The Hall–Kier alpha value is -3.23. The number of carbonyl (C=O) groups excluding carboxylic acids is 2. The Bertz CT molecular complexity index is 836. The van der Waals surface area contributed by atoms with Crippen molar-refractivity contribution in [2.75, 3.05) is 10.6 Å². The summed E-state index contributed by atoms with van der Waals surface area (Å²) in [5, 5.41) is 6.02. The second-order valence-electron chi connectivity index (χ2n) is 6.41. The maximum atomic E-state index is 11.7. The van der Waals surface area contributed by atoms with E-state index in [2.05, 4.69) is 25.6 Å². The number of hydrogen-bond donors (Lipinski definition) is 4. The zero-order valence-corrected chi connectivity index (χ0v) is 14.4. The minimum Gasteiger partial charge on any atom is -0.368 e. The number of carbonyl (C=O) groups is 2. The number of anilines is 3. The van der Waals surface area contributed by atoms with Crippen LogP contribution in [0.1, 0.15) is 35.4 Å². The highest BCUT2D eigenvalue weighted by molar-refractivity contribution is 5.96. The van der Waals surface area contributed by atoms with Crippen LogP contribution in [0.25, 0.3) is 0 Å². The second-order valence-corrected chi connectivity index (χ2v) is 6.41. The molecule has 1 aliphatic rings. The lowest BCUT2D eigenvalue weighted by Crippen LogP contribution is -2.36. The average Bonchev–Trinajstić information content (AvgIpc) is 3.38. The highest BCUT2D eigenvalue weighted by Gasteiger charge is 2.28. The molecule has 2 amide bonds. The van der Waals surface area contributed by atoms with Crippen molar-refractivity contribution in [2.45, 2.75) is 32.2 Å². The summed E-state index contributed by atoms with van der Waals surface area (Å²) in [6, 6.07) is 3.00. The van der Waals surface area contributed by atoms with Gasteiger partial charge in [0, 0.05) is 17.6 Å². The fourth-order valence-electron chi connectivity index (χ4n) is 2.60. The van der Waals surface area contributed by atoms with Crippen LogP contribution in [-0.2, 0) is 4.79 Å². The summed E-state index contributed by atoms with van der Waals surface area (Å²) in [5.41, 5.74) is 12.3. The summed E-state index contributed by atoms with van der Waals surface area (Å²) < 4.78 is 0. The van der Waals surface area contributed by atoms with E-state index in [1.54, 1.807) is 18.3 Å². The molecule has 1 fully saturated rings. The standard InChI is InChI=1S/C17H21N7O2/c1-9-6-11(4-5-20-9)22-17-14(16(19)26)21-8-13(24-17)23-12(15(18)25)7-10-2-3-10/h4-6,8,10,12H,2-3,7H2,1H3,(H2,18,25)(H2,19,26)(H2,20,22,23,24). The lowest BCUT2D eigenvalue weighted by Gasteiger charge is -2.17. The van der Waals surface area contributed by atoms with Crippen molar-refractivity contribution in [3.63, 3.8) is 0 Å². The van der Waals surface area contributed by atoms with Gasteiger partial charge in [0.25, 0.3) is 5.91 Å². The van der Waals surface area contributed by atoms with E-state index in [9.17, 15) is 9.59 Å². The molecule has 2 heterocycles. The average molecular weight is 355 g/mol. The molecule has 26 heavy (non-hydrogen) atoms. The first kappa shape index (κ1) is 17.6. The lowest BCUT2D eigenvalue weighted by molar-refractivity contribution is -0.118. The Balaban J connectivity index is 1.85. The van der Waals surface area contributed by atoms with E-state index >= 15 is 0 Å². The van der Waals surface area contributed by atoms with E-state index in [-0.39, 0.29) is 11.5 Å². The van der Waals surface area contributed by atoms with Crippen molar-refractivity contribution in [1.29, 1.82) is 0 Å². The Morgan fingerprint density at radius 3 is 2.69 bits per heavy atom. The summed E-state index contributed by atoms with van der Waals surface area (Å²) in [6.07, 6.45) is 5.86. The third-order valence-electron chi connectivity index (χ3n) is 4.10. The molecule has 9 heteroatoms. The highest BCUT2D eigenvalue weighted by atomic mass is 16.1. The van der Waals surface area contributed by atoms with Crippen molar-refractivity contribution in [3.8, 4) is 0 Å². The summed E-state index contributed by atoms with van der Waals surface area (Å²) in [6.45, 7) is 1.85. The number of pyridine rings is 1. The molecule has 0 aliphatic heterocycles. The van der Waals surface area contributed by atoms with Gasteiger partial charge < -0.3 is 22.1 Å². The van der Waals surface area contributed by atoms with Crippen molar-refractivity contribution in [2.24, 2.45) is 17.4 Å².